The Morgan fingerprint density at radius 1 is 1.17 bits per heavy atom. The normalized spacial score (nSPS) is 12.3. The van der Waals surface area contributed by atoms with Crippen LogP contribution in [-0.4, -0.2) is 17.3 Å². The van der Waals surface area contributed by atoms with Crippen LogP contribution in [0.2, 0.25) is 0 Å². The van der Waals surface area contributed by atoms with Crippen LogP contribution < -0.4 is 5.32 Å². The minimum Gasteiger partial charge on any atom is -0.309 e. The van der Waals surface area contributed by atoms with E-state index >= 15 is 0 Å². The third-order valence-corrected chi connectivity index (χ3v) is 3.80. The molecule has 0 spiro atoms. The standard InChI is InChI=1S/C15H18N2S/c1-2-17-15(13-7-6-10-16-11-13)12-18-14-8-4-3-5-9-14/h3-11,15,17H,2,12H2,1H3. The van der Waals surface area contributed by atoms with Crippen LogP contribution in [0.1, 0.15) is 18.5 Å². The van der Waals surface area contributed by atoms with Crippen LogP contribution in [0.5, 0.6) is 0 Å². The quantitative estimate of drug-likeness (QED) is 0.802. The van der Waals surface area contributed by atoms with Crippen molar-refractivity contribution in [2.45, 2.75) is 17.9 Å². The number of benzene rings is 1. The first-order valence-corrected chi connectivity index (χ1v) is 7.20. The zero-order chi connectivity index (χ0) is 12.6. The van der Waals surface area contributed by atoms with Gasteiger partial charge in [0.05, 0.1) is 0 Å². The molecule has 1 N–H and O–H groups in total. The molecule has 1 atom stereocenters. The molecule has 1 aromatic carbocycles. The molecule has 18 heavy (non-hydrogen) atoms. The maximum Gasteiger partial charge on any atom is 0.0430 e. The average Bonchev–Trinajstić information content (AvgIpc) is 2.45. The summed E-state index contributed by atoms with van der Waals surface area (Å²) in [4.78, 5) is 5.50. The summed E-state index contributed by atoms with van der Waals surface area (Å²) in [6.45, 7) is 3.10. The first kappa shape index (κ1) is 13.1. The number of nitrogens with one attached hydrogen (secondary N) is 1. The van der Waals surface area contributed by atoms with E-state index in [1.54, 1.807) is 0 Å². The maximum absolute atomic E-state index is 4.19. The molecule has 0 bridgehead atoms. The Labute approximate surface area is 113 Å². The highest BCUT2D eigenvalue weighted by Gasteiger charge is 2.10. The molecule has 0 radical (unpaired) electrons. The van der Waals surface area contributed by atoms with E-state index in [0.29, 0.717) is 6.04 Å². The Hall–Kier alpha value is -1.32. The van der Waals surface area contributed by atoms with Crippen LogP contribution in [-0.2, 0) is 0 Å². The van der Waals surface area contributed by atoms with Crippen LogP contribution in [0.3, 0.4) is 0 Å². The van der Waals surface area contributed by atoms with E-state index in [9.17, 15) is 0 Å². The van der Waals surface area contributed by atoms with Gasteiger partial charge in [0.2, 0.25) is 0 Å². The van der Waals surface area contributed by atoms with Crippen molar-refractivity contribution in [2.24, 2.45) is 0 Å². The number of rotatable bonds is 6. The van der Waals surface area contributed by atoms with Crippen molar-refractivity contribution in [3.63, 3.8) is 0 Å². The Morgan fingerprint density at radius 2 is 2.00 bits per heavy atom. The first-order chi connectivity index (χ1) is 8.90. The van der Waals surface area contributed by atoms with Crippen molar-refractivity contribution in [1.29, 1.82) is 0 Å². The highest BCUT2D eigenvalue weighted by Crippen LogP contribution is 2.24. The molecule has 1 unspecified atom stereocenters. The van der Waals surface area contributed by atoms with Gasteiger partial charge in [-0.15, -0.1) is 11.8 Å². The highest BCUT2D eigenvalue weighted by molar-refractivity contribution is 7.99. The summed E-state index contributed by atoms with van der Waals surface area (Å²) >= 11 is 1.87. The fourth-order valence-electron chi connectivity index (χ4n) is 1.80. The average molecular weight is 258 g/mol. The van der Waals surface area contributed by atoms with Gasteiger partial charge in [0.15, 0.2) is 0 Å². The van der Waals surface area contributed by atoms with Gasteiger partial charge in [0.25, 0.3) is 0 Å². The van der Waals surface area contributed by atoms with Crippen LogP contribution >= 0.6 is 11.8 Å². The van der Waals surface area contributed by atoms with Crippen molar-refractivity contribution in [2.75, 3.05) is 12.3 Å². The minimum absolute atomic E-state index is 0.355. The lowest BCUT2D eigenvalue weighted by Gasteiger charge is -2.17. The lowest BCUT2D eigenvalue weighted by atomic mass is 10.1. The van der Waals surface area contributed by atoms with E-state index in [-0.39, 0.29) is 0 Å². The van der Waals surface area contributed by atoms with Crippen molar-refractivity contribution in [3.8, 4) is 0 Å². The zero-order valence-corrected chi connectivity index (χ0v) is 11.4. The van der Waals surface area contributed by atoms with Crippen LogP contribution in [0.4, 0.5) is 0 Å². The summed E-state index contributed by atoms with van der Waals surface area (Å²) in [5, 5.41) is 3.51. The fourth-order valence-corrected chi connectivity index (χ4v) is 2.82. The lowest BCUT2D eigenvalue weighted by molar-refractivity contribution is 0.604. The predicted octanol–water partition coefficient (Wildman–Crippen LogP) is 3.52. The number of aromatic nitrogens is 1. The van der Waals surface area contributed by atoms with Crippen molar-refractivity contribution in [3.05, 3.63) is 60.4 Å². The molecule has 0 aliphatic heterocycles. The third kappa shape index (κ3) is 3.86. The molecule has 0 amide bonds. The molecule has 0 saturated heterocycles. The Kier molecular flexibility index (Phi) is 5.24. The van der Waals surface area contributed by atoms with Crippen LogP contribution in [0, 0.1) is 0 Å². The molecule has 2 aromatic rings. The number of pyridine rings is 1. The van der Waals surface area contributed by atoms with E-state index in [2.05, 4.69) is 47.6 Å². The molecule has 2 rings (SSSR count). The van der Waals surface area contributed by atoms with E-state index in [1.807, 2.05) is 36.3 Å². The second-order valence-corrected chi connectivity index (χ2v) is 5.11. The minimum atomic E-state index is 0.355. The molecule has 0 aliphatic rings. The molecule has 1 heterocycles. The second-order valence-electron chi connectivity index (χ2n) is 4.02. The van der Waals surface area contributed by atoms with E-state index < -0.39 is 0 Å². The lowest BCUT2D eigenvalue weighted by Crippen LogP contribution is -2.23. The van der Waals surface area contributed by atoms with E-state index in [0.717, 1.165) is 12.3 Å². The van der Waals surface area contributed by atoms with Crippen molar-refractivity contribution < 1.29 is 0 Å². The van der Waals surface area contributed by atoms with Gasteiger partial charge >= 0.3 is 0 Å². The van der Waals surface area contributed by atoms with Gasteiger partial charge in [0, 0.05) is 29.1 Å². The Balaban J connectivity index is 1.99. The fraction of sp³-hybridized carbons (Fsp3) is 0.267. The van der Waals surface area contributed by atoms with Gasteiger partial charge in [-0.1, -0.05) is 31.2 Å². The number of hydrogen-bond donors (Lipinski definition) is 1. The van der Waals surface area contributed by atoms with Crippen molar-refractivity contribution in [1.82, 2.24) is 10.3 Å². The monoisotopic (exact) mass is 258 g/mol. The molecular weight excluding hydrogens is 240 g/mol. The SMILES string of the molecule is CCNC(CSc1ccccc1)c1cccnc1. The Bertz CT molecular complexity index is 445. The smallest absolute Gasteiger partial charge is 0.0430 e. The van der Waals surface area contributed by atoms with Crippen LogP contribution in [0.25, 0.3) is 0 Å². The van der Waals surface area contributed by atoms with E-state index in [1.165, 1.54) is 10.5 Å². The molecule has 94 valence electrons. The molecule has 0 saturated carbocycles. The Morgan fingerprint density at radius 3 is 2.67 bits per heavy atom. The van der Waals surface area contributed by atoms with Gasteiger partial charge in [-0.05, 0) is 30.3 Å². The number of nitrogens with zero attached hydrogens (tertiary/aromatic N) is 1. The molecule has 1 aromatic heterocycles. The van der Waals surface area contributed by atoms with Gasteiger partial charge in [0.1, 0.15) is 0 Å². The second kappa shape index (κ2) is 7.19. The summed E-state index contributed by atoms with van der Waals surface area (Å²) in [6.07, 6.45) is 3.76. The van der Waals surface area contributed by atoms with Gasteiger partial charge in [-0.25, -0.2) is 0 Å². The number of hydrogen-bond acceptors (Lipinski definition) is 3. The maximum atomic E-state index is 4.19. The summed E-state index contributed by atoms with van der Waals surface area (Å²) in [5.41, 5.74) is 1.25. The topological polar surface area (TPSA) is 24.9 Å². The molecule has 0 fully saturated rings. The number of thioether (sulfide) groups is 1. The molecule has 3 heteroatoms. The molecular formula is C15H18N2S. The molecule has 2 nitrogen and oxygen atoms in total. The van der Waals surface area contributed by atoms with Gasteiger partial charge in [-0.2, -0.15) is 0 Å². The summed E-state index contributed by atoms with van der Waals surface area (Å²) < 4.78 is 0. The van der Waals surface area contributed by atoms with Gasteiger partial charge in [-0.3, -0.25) is 4.98 Å². The van der Waals surface area contributed by atoms with E-state index in [4.69, 9.17) is 0 Å². The largest absolute Gasteiger partial charge is 0.309 e. The summed E-state index contributed by atoms with van der Waals surface area (Å²) in [7, 11) is 0. The van der Waals surface area contributed by atoms with Crippen molar-refractivity contribution >= 4 is 11.8 Å². The predicted molar refractivity (Wildman–Crippen MR) is 77.8 cm³/mol. The van der Waals surface area contributed by atoms with Gasteiger partial charge < -0.3 is 5.32 Å². The van der Waals surface area contributed by atoms with Crippen LogP contribution in [0.15, 0.2) is 59.8 Å². The summed E-state index contributed by atoms with van der Waals surface area (Å²) in [6, 6.07) is 15.0. The third-order valence-electron chi connectivity index (χ3n) is 2.70. The molecule has 0 aliphatic carbocycles. The highest BCUT2D eigenvalue weighted by atomic mass is 32.2. The first-order valence-electron chi connectivity index (χ1n) is 6.21. The zero-order valence-electron chi connectivity index (χ0n) is 10.5. The summed E-state index contributed by atoms with van der Waals surface area (Å²) in [5.74, 6) is 1.02.